The Hall–Kier alpha value is -5.38. The average molecular weight is 608 g/mol. The molecule has 0 bridgehead atoms. The first-order valence-electron chi connectivity index (χ1n) is 15.8. The Bertz CT molecular complexity index is 2690. The van der Waals surface area contributed by atoms with Crippen molar-refractivity contribution in [1.82, 2.24) is 0 Å². The summed E-state index contributed by atoms with van der Waals surface area (Å²) in [5.41, 5.74) is 10.7. The monoisotopic (exact) mass is 607 g/mol. The molecule has 46 heavy (non-hydrogen) atoms. The van der Waals surface area contributed by atoms with Crippen LogP contribution in [0.3, 0.4) is 0 Å². The number of thiophene rings is 1. The van der Waals surface area contributed by atoms with Gasteiger partial charge in [0.15, 0.2) is 0 Å². The number of fused-ring (bicyclic) bond motifs is 10. The number of nitrogens with zero attached hydrogens (tertiary/aromatic N) is 1. The number of rotatable bonds is 3. The van der Waals surface area contributed by atoms with Crippen LogP contribution in [0.1, 0.15) is 25.0 Å². The summed E-state index contributed by atoms with van der Waals surface area (Å²) in [5, 5.41) is 7.28. The molecule has 1 aliphatic carbocycles. The summed E-state index contributed by atoms with van der Waals surface area (Å²) < 4.78 is 8.84. The van der Waals surface area contributed by atoms with E-state index in [1.54, 1.807) is 0 Å². The SMILES string of the molecule is CC1(C)c2ccccc2-c2cc(N(c3ccc4cc5oc6ccccc6c5cc4c3)c3ccc4c(c3)sc3ccccc34)ccc21. The lowest BCUT2D eigenvalue weighted by molar-refractivity contribution is 0.660. The van der Waals surface area contributed by atoms with Gasteiger partial charge in [-0.25, -0.2) is 0 Å². The van der Waals surface area contributed by atoms with E-state index < -0.39 is 0 Å². The van der Waals surface area contributed by atoms with Crippen molar-refractivity contribution in [3.8, 4) is 11.1 Å². The maximum atomic E-state index is 6.22. The van der Waals surface area contributed by atoms with Crippen LogP contribution < -0.4 is 4.90 Å². The Morgan fingerprint density at radius 1 is 0.478 bits per heavy atom. The van der Waals surface area contributed by atoms with E-state index in [1.165, 1.54) is 53.2 Å². The van der Waals surface area contributed by atoms with Gasteiger partial charge in [0.1, 0.15) is 11.2 Å². The number of para-hydroxylation sites is 1. The van der Waals surface area contributed by atoms with Crippen LogP contribution in [0.2, 0.25) is 0 Å². The number of hydrogen-bond acceptors (Lipinski definition) is 3. The minimum Gasteiger partial charge on any atom is -0.456 e. The number of furan rings is 1. The first-order chi connectivity index (χ1) is 22.5. The van der Waals surface area contributed by atoms with Gasteiger partial charge in [-0.05, 0) is 93.7 Å². The molecule has 218 valence electrons. The van der Waals surface area contributed by atoms with Crippen molar-refractivity contribution in [3.63, 3.8) is 0 Å². The predicted molar refractivity (Wildman–Crippen MR) is 196 cm³/mol. The van der Waals surface area contributed by atoms with Crippen molar-refractivity contribution >= 4 is 81.3 Å². The van der Waals surface area contributed by atoms with Gasteiger partial charge in [-0.15, -0.1) is 11.3 Å². The van der Waals surface area contributed by atoms with E-state index in [2.05, 4.69) is 146 Å². The van der Waals surface area contributed by atoms with Crippen molar-refractivity contribution in [2.75, 3.05) is 4.90 Å². The summed E-state index contributed by atoms with van der Waals surface area (Å²) in [4.78, 5) is 2.43. The second-order valence-corrected chi connectivity index (χ2v) is 14.1. The van der Waals surface area contributed by atoms with E-state index in [-0.39, 0.29) is 5.41 Å². The molecule has 10 rings (SSSR count). The van der Waals surface area contributed by atoms with Crippen molar-refractivity contribution in [2.24, 2.45) is 0 Å². The lowest BCUT2D eigenvalue weighted by Crippen LogP contribution is -2.15. The van der Waals surface area contributed by atoms with Gasteiger partial charge in [-0.2, -0.15) is 0 Å². The Morgan fingerprint density at radius 3 is 2.11 bits per heavy atom. The molecule has 0 atom stereocenters. The molecule has 0 saturated carbocycles. The molecule has 0 aliphatic heterocycles. The highest BCUT2D eigenvalue weighted by Crippen LogP contribution is 2.51. The third-order valence-corrected chi connectivity index (χ3v) is 11.2. The molecule has 2 aromatic heterocycles. The highest BCUT2D eigenvalue weighted by molar-refractivity contribution is 7.25. The standard InChI is InChI=1S/C43H29NOS/c1-43(2)37-12-6-3-9-31(37)35-24-29(18-20-38(35)43)44(30-17-19-34-33-11-5-8-14-41(33)46-42(34)25-30)28-16-15-26-23-40-36(22-27(26)21-28)32-10-4-7-13-39(32)45-40/h3-25H,1-2H3. The highest BCUT2D eigenvalue weighted by Gasteiger charge is 2.35. The molecule has 1 aliphatic rings. The van der Waals surface area contributed by atoms with Crippen LogP contribution in [0.15, 0.2) is 144 Å². The Morgan fingerprint density at radius 2 is 1.17 bits per heavy atom. The van der Waals surface area contributed by atoms with Gasteiger partial charge in [0.2, 0.25) is 0 Å². The van der Waals surface area contributed by atoms with Crippen LogP contribution in [0.4, 0.5) is 17.1 Å². The largest absolute Gasteiger partial charge is 0.456 e. The predicted octanol–water partition coefficient (Wildman–Crippen LogP) is 12.9. The number of anilines is 3. The fraction of sp³-hybridized carbons (Fsp3) is 0.0698. The zero-order chi connectivity index (χ0) is 30.6. The van der Waals surface area contributed by atoms with Crippen LogP contribution in [0, 0.1) is 0 Å². The second-order valence-electron chi connectivity index (χ2n) is 13.0. The molecular formula is C43H29NOS. The minimum atomic E-state index is -0.0348. The smallest absolute Gasteiger partial charge is 0.136 e. The third-order valence-electron chi connectivity index (χ3n) is 10.0. The van der Waals surface area contributed by atoms with Crippen LogP contribution in [-0.4, -0.2) is 0 Å². The molecular weight excluding hydrogens is 579 g/mol. The average Bonchev–Trinajstić information content (AvgIpc) is 3.71. The Labute approximate surface area is 270 Å². The molecule has 0 saturated heterocycles. The molecule has 7 aromatic carbocycles. The summed E-state index contributed by atoms with van der Waals surface area (Å²) in [5.74, 6) is 0. The van der Waals surface area contributed by atoms with Gasteiger partial charge >= 0.3 is 0 Å². The van der Waals surface area contributed by atoms with Crippen LogP contribution >= 0.6 is 11.3 Å². The maximum Gasteiger partial charge on any atom is 0.136 e. The molecule has 9 aromatic rings. The zero-order valence-corrected chi connectivity index (χ0v) is 26.4. The number of hydrogen-bond donors (Lipinski definition) is 0. The van der Waals surface area contributed by atoms with Crippen molar-refractivity contribution in [3.05, 3.63) is 151 Å². The second kappa shape index (κ2) is 9.32. The van der Waals surface area contributed by atoms with Crippen molar-refractivity contribution in [2.45, 2.75) is 19.3 Å². The van der Waals surface area contributed by atoms with Gasteiger partial charge in [0.05, 0.1) is 0 Å². The summed E-state index contributed by atoms with van der Waals surface area (Å²) >= 11 is 1.86. The number of benzene rings is 7. The normalized spacial score (nSPS) is 13.6. The third kappa shape index (κ3) is 3.64. The lowest BCUT2D eigenvalue weighted by Gasteiger charge is -2.27. The zero-order valence-electron chi connectivity index (χ0n) is 25.5. The van der Waals surface area contributed by atoms with Gasteiger partial charge in [-0.1, -0.05) is 92.7 Å². The van der Waals surface area contributed by atoms with E-state index in [1.807, 2.05) is 23.5 Å². The summed E-state index contributed by atoms with van der Waals surface area (Å²) in [6, 6.07) is 51.2. The highest BCUT2D eigenvalue weighted by atomic mass is 32.1. The van der Waals surface area contributed by atoms with E-state index in [9.17, 15) is 0 Å². The molecule has 0 N–H and O–H groups in total. The molecule has 2 heterocycles. The van der Waals surface area contributed by atoms with Crippen molar-refractivity contribution < 1.29 is 4.42 Å². The van der Waals surface area contributed by atoms with Crippen LogP contribution in [0.25, 0.3) is 64.0 Å². The molecule has 2 nitrogen and oxygen atoms in total. The molecule has 0 radical (unpaired) electrons. The summed E-state index contributed by atoms with van der Waals surface area (Å²) in [6.07, 6.45) is 0. The summed E-state index contributed by atoms with van der Waals surface area (Å²) in [7, 11) is 0. The van der Waals surface area contributed by atoms with Gasteiger partial charge < -0.3 is 9.32 Å². The lowest BCUT2D eigenvalue weighted by atomic mass is 9.82. The van der Waals surface area contributed by atoms with E-state index >= 15 is 0 Å². The van der Waals surface area contributed by atoms with E-state index in [0.717, 1.165) is 39.0 Å². The Balaban J connectivity index is 1.21. The molecule has 0 spiro atoms. The molecule has 0 unspecified atom stereocenters. The van der Waals surface area contributed by atoms with E-state index in [0.29, 0.717) is 0 Å². The Kier molecular flexibility index (Phi) is 5.25. The fourth-order valence-corrected chi connectivity index (χ4v) is 8.88. The van der Waals surface area contributed by atoms with Gasteiger partial charge in [-0.3, -0.25) is 0 Å². The minimum absolute atomic E-state index is 0.0348. The summed E-state index contributed by atoms with van der Waals surface area (Å²) in [6.45, 7) is 4.68. The first kappa shape index (κ1) is 25.9. The first-order valence-corrected chi connectivity index (χ1v) is 16.7. The van der Waals surface area contributed by atoms with E-state index in [4.69, 9.17) is 4.42 Å². The molecule has 0 amide bonds. The van der Waals surface area contributed by atoms with Crippen molar-refractivity contribution in [1.29, 1.82) is 0 Å². The quantitative estimate of drug-likeness (QED) is 0.199. The topological polar surface area (TPSA) is 16.4 Å². The van der Waals surface area contributed by atoms with Crippen LogP contribution in [0.5, 0.6) is 0 Å². The van der Waals surface area contributed by atoms with Gasteiger partial charge in [0, 0.05) is 53.4 Å². The van der Waals surface area contributed by atoms with Gasteiger partial charge in [0.25, 0.3) is 0 Å². The molecule has 0 fully saturated rings. The van der Waals surface area contributed by atoms with Crippen LogP contribution in [-0.2, 0) is 5.41 Å². The maximum absolute atomic E-state index is 6.22. The fourth-order valence-electron chi connectivity index (χ4n) is 7.74. The molecule has 3 heteroatoms.